The van der Waals surface area contributed by atoms with Gasteiger partial charge in [-0.3, -0.25) is 9.20 Å². The van der Waals surface area contributed by atoms with Crippen LogP contribution in [0, 0.1) is 0 Å². The molecule has 1 unspecified atom stereocenters. The molecule has 0 N–H and O–H groups in total. The lowest BCUT2D eigenvalue weighted by atomic mass is 10.2. The van der Waals surface area contributed by atoms with Crippen molar-refractivity contribution in [1.82, 2.24) is 0 Å². The fourth-order valence-electron chi connectivity index (χ4n) is 0.911. The van der Waals surface area contributed by atoms with Gasteiger partial charge in [0.25, 0.3) is 0 Å². The SMILES string of the molecule is CS(=O)CC=NCc1ccccc1. The molecule has 0 aromatic heterocycles. The van der Waals surface area contributed by atoms with Gasteiger partial charge < -0.3 is 0 Å². The summed E-state index contributed by atoms with van der Waals surface area (Å²) in [5, 5.41) is 0. The zero-order valence-corrected chi connectivity index (χ0v) is 8.46. The van der Waals surface area contributed by atoms with Gasteiger partial charge in [0.15, 0.2) is 0 Å². The minimum Gasteiger partial charge on any atom is -0.292 e. The van der Waals surface area contributed by atoms with Gasteiger partial charge in [0, 0.05) is 23.3 Å². The molecule has 0 aliphatic heterocycles. The third-order valence-corrected chi connectivity index (χ3v) is 2.17. The van der Waals surface area contributed by atoms with Crippen LogP contribution in [0.15, 0.2) is 35.3 Å². The van der Waals surface area contributed by atoms with Crippen LogP contribution in [-0.2, 0) is 17.3 Å². The van der Waals surface area contributed by atoms with Crippen LogP contribution >= 0.6 is 0 Å². The molecule has 0 radical (unpaired) electrons. The monoisotopic (exact) mass is 195 g/mol. The summed E-state index contributed by atoms with van der Waals surface area (Å²) in [4.78, 5) is 4.16. The van der Waals surface area contributed by atoms with E-state index in [1.807, 2.05) is 30.3 Å². The molecule has 0 aliphatic carbocycles. The van der Waals surface area contributed by atoms with Crippen LogP contribution in [0.1, 0.15) is 5.56 Å². The smallest absolute Gasteiger partial charge is 0.0636 e. The summed E-state index contributed by atoms with van der Waals surface area (Å²) in [6.45, 7) is 0.679. The molecular weight excluding hydrogens is 182 g/mol. The highest BCUT2D eigenvalue weighted by molar-refractivity contribution is 7.84. The Labute approximate surface area is 81.2 Å². The van der Waals surface area contributed by atoms with Gasteiger partial charge in [-0.1, -0.05) is 30.3 Å². The van der Waals surface area contributed by atoms with E-state index in [1.54, 1.807) is 12.5 Å². The Morgan fingerprint density at radius 3 is 2.69 bits per heavy atom. The first-order valence-electron chi connectivity index (χ1n) is 4.11. The van der Waals surface area contributed by atoms with E-state index >= 15 is 0 Å². The number of hydrogen-bond acceptors (Lipinski definition) is 2. The summed E-state index contributed by atoms with van der Waals surface area (Å²) in [6.07, 6.45) is 3.40. The highest BCUT2D eigenvalue weighted by atomic mass is 32.2. The fraction of sp³-hybridized carbons (Fsp3) is 0.300. The van der Waals surface area contributed by atoms with E-state index in [1.165, 1.54) is 5.56 Å². The fourth-order valence-corrected chi connectivity index (χ4v) is 1.23. The Hall–Kier alpha value is -0.960. The van der Waals surface area contributed by atoms with Crippen LogP contribution < -0.4 is 0 Å². The highest BCUT2D eigenvalue weighted by Gasteiger charge is 1.87. The lowest BCUT2D eigenvalue weighted by Crippen LogP contribution is -1.94. The lowest BCUT2D eigenvalue weighted by molar-refractivity contribution is 0.689. The van der Waals surface area contributed by atoms with Gasteiger partial charge in [-0.25, -0.2) is 0 Å². The molecule has 0 aliphatic rings. The molecule has 1 aromatic rings. The topological polar surface area (TPSA) is 29.4 Å². The minimum atomic E-state index is -0.773. The molecule has 13 heavy (non-hydrogen) atoms. The molecule has 0 saturated heterocycles. The van der Waals surface area contributed by atoms with Crippen molar-refractivity contribution in [3.63, 3.8) is 0 Å². The summed E-state index contributed by atoms with van der Waals surface area (Å²) >= 11 is 0. The van der Waals surface area contributed by atoms with Gasteiger partial charge in [-0.2, -0.15) is 0 Å². The average molecular weight is 195 g/mol. The Bertz CT molecular complexity index is 295. The molecule has 2 nitrogen and oxygen atoms in total. The first kappa shape index (κ1) is 10.1. The van der Waals surface area contributed by atoms with Crippen molar-refractivity contribution < 1.29 is 4.21 Å². The molecule has 0 fully saturated rings. The van der Waals surface area contributed by atoms with Gasteiger partial charge in [0.05, 0.1) is 12.3 Å². The summed E-state index contributed by atoms with van der Waals surface area (Å²) in [5.74, 6) is 0.548. The van der Waals surface area contributed by atoms with Crippen LogP contribution in [0.25, 0.3) is 0 Å². The molecule has 0 saturated carbocycles. The van der Waals surface area contributed by atoms with E-state index in [9.17, 15) is 4.21 Å². The van der Waals surface area contributed by atoms with Gasteiger partial charge in [-0.05, 0) is 5.56 Å². The van der Waals surface area contributed by atoms with Crippen molar-refractivity contribution in [2.45, 2.75) is 6.54 Å². The first-order chi connectivity index (χ1) is 6.29. The van der Waals surface area contributed by atoms with Crippen molar-refractivity contribution in [3.8, 4) is 0 Å². The molecule has 0 spiro atoms. The van der Waals surface area contributed by atoms with Crippen molar-refractivity contribution in [2.24, 2.45) is 4.99 Å². The zero-order chi connectivity index (χ0) is 9.52. The Morgan fingerprint density at radius 1 is 1.38 bits per heavy atom. The molecule has 1 aromatic carbocycles. The normalized spacial score (nSPS) is 13.3. The van der Waals surface area contributed by atoms with E-state index in [0.29, 0.717) is 12.3 Å². The maximum atomic E-state index is 10.7. The molecule has 70 valence electrons. The first-order valence-corrected chi connectivity index (χ1v) is 5.84. The van der Waals surface area contributed by atoms with Crippen LogP contribution in [0.2, 0.25) is 0 Å². The Kier molecular flexibility index (Phi) is 4.40. The largest absolute Gasteiger partial charge is 0.292 e. The Morgan fingerprint density at radius 2 is 2.08 bits per heavy atom. The maximum absolute atomic E-state index is 10.7. The van der Waals surface area contributed by atoms with E-state index in [-0.39, 0.29) is 0 Å². The quantitative estimate of drug-likeness (QED) is 0.671. The van der Waals surface area contributed by atoms with Gasteiger partial charge in [-0.15, -0.1) is 0 Å². The average Bonchev–Trinajstić information content (AvgIpc) is 2.14. The standard InChI is InChI=1S/C10H13NOS/c1-13(12)8-7-11-9-10-5-3-2-4-6-10/h2-7H,8-9H2,1H3. The summed E-state index contributed by atoms with van der Waals surface area (Å²) in [6, 6.07) is 10.0. The van der Waals surface area contributed by atoms with E-state index in [4.69, 9.17) is 0 Å². The second-order valence-corrected chi connectivity index (χ2v) is 4.23. The van der Waals surface area contributed by atoms with Crippen LogP contribution in [0.4, 0.5) is 0 Å². The van der Waals surface area contributed by atoms with Gasteiger partial charge in [0.1, 0.15) is 0 Å². The number of rotatable bonds is 4. The van der Waals surface area contributed by atoms with Crippen LogP contribution in [0.3, 0.4) is 0 Å². The van der Waals surface area contributed by atoms with Crippen molar-refractivity contribution in [1.29, 1.82) is 0 Å². The summed E-state index contributed by atoms with van der Waals surface area (Å²) < 4.78 is 10.7. The minimum absolute atomic E-state index is 0.548. The van der Waals surface area contributed by atoms with Crippen LogP contribution in [0.5, 0.6) is 0 Å². The highest BCUT2D eigenvalue weighted by Crippen LogP contribution is 1.99. The summed E-state index contributed by atoms with van der Waals surface area (Å²) in [7, 11) is -0.773. The second-order valence-electron chi connectivity index (χ2n) is 2.75. The molecule has 0 amide bonds. The van der Waals surface area contributed by atoms with E-state index in [2.05, 4.69) is 4.99 Å². The van der Waals surface area contributed by atoms with E-state index in [0.717, 1.165) is 0 Å². The predicted molar refractivity (Wildman–Crippen MR) is 57.6 cm³/mol. The molecular formula is C10H13NOS. The second kappa shape index (κ2) is 5.65. The maximum Gasteiger partial charge on any atom is 0.0636 e. The molecule has 3 heteroatoms. The molecule has 1 atom stereocenters. The summed E-state index contributed by atoms with van der Waals surface area (Å²) in [5.41, 5.74) is 1.18. The number of aliphatic imine (C=N–C) groups is 1. The van der Waals surface area contributed by atoms with Gasteiger partial charge >= 0.3 is 0 Å². The molecule has 0 heterocycles. The van der Waals surface area contributed by atoms with Crippen LogP contribution in [-0.4, -0.2) is 22.4 Å². The molecule has 1 rings (SSSR count). The lowest BCUT2D eigenvalue weighted by Gasteiger charge is -1.93. The zero-order valence-electron chi connectivity index (χ0n) is 7.64. The van der Waals surface area contributed by atoms with E-state index < -0.39 is 10.8 Å². The molecule has 0 bridgehead atoms. The third kappa shape index (κ3) is 4.58. The van der Waals surface area contributed by atoms with Crippen molar-refractivity contribution in [3.05, 3.63) is 35.9 Å². The van der Waals surface area contributed by atoms with Crippen molar-refractivity contribution >= 4 is 17.0 Å². The Balaban J connectivity index is 2.35. The number of hydrogen-bond donors (Lipinski definition) is 0. The van der Waals surface area contributed by atoms with Crippen molar-refractivity contribution in [2.75, 3.05) is 12.0 Å². The number of nitrogens with zero attached hydrogens (tertiary/aromatic N) is 1. The predicted octanol–water partition coefficient (Wildman–Crippen LogP) is 1.64. The third-order valence-electron chi connectivity index (χ3n) is 1.56. The number of benzene rings is 1. The van der Waals surface area contributed by atoms with Gasteiger partial charge in [0.2, 0.25) is 0 Å².